The van der Waals surface area contributed by atoms with Crippen molar-refractivity contribution in [3.63, 3.8) is 0 Å². The van der Waals surface area contributed by atoms with E-state index in [9.17, 15) is 4.79 Å². The van der Waals surface area contributed by atoms with Gasteiger partial charge in [0, 0.05) is 29.0 Å². The van der Waals surface area contributed by atoms with Gasteiger partial charge in [-0.25, -0.2) is 0 Å². The smallest absolute Gasteiger partial charge is 0.176 e. The molecule has 0 aliphatic rings. The predicted octanol–water partition coefficient (Wildman–Crippen LogP) is 3.20. The Balaban J connectivity index is 1.85. The molecule has 1 aromatic heterocycles. The number of carbonyl (C=O) groups is 1. The zero-order valence-electron chi connectivity index (χ0n) is 11.4. The van der Waals surface area contributed by atoms with Crippen LogP contribution in [0.1, 0.15) is 15.9 Å². The molecule has 2 aromatic rings. The Morgan fingerprint density at radius 3 is 2.70 bits per heavy atom. The number of rotatable bonds is 6. The van der Waals surface area contributed by atoms with Crippen molar-refractivity contribution in [2.45, 2.75) is 6.42 Å². The van der Waals surface area contributed by atoms with Crippen molar-refractivity contribution in [3.8, 4) is 0 Å². The first-order valence-corrected chi connectivity index (χ1v) is 7.30. The molecule has 0 saturated heterocycles. The summed E-state index contributed by atoms with van der Waals surface area (Å²) >= 11 is 3.39. The van der Waals surface area contributed by atoms with Crippen LogP contribution < -0.4 is 0 Å². The van der Waals surface area contributed by atoms with Crippen LogP contribution >= 0.6 is 15.9 Å². The lowest BCUT2D eigenvalue weighted by molar-refractivity contribution is 0.0947. The molecule has 0 saturated carbocycles. The molecule has 0 atom stereocenters. The molecule has 0 unspecified atom stereocenters. The van der Waals surface area contributed by atoms with Crippen LogP contribution in [0.3, 0.4) is 0 Å². The van der Waals surface area contributed by atoms with E-state index in [2.05, 4.69) is 20.9 Å². The summed E-state index contributed by atoms with van der Waals surface area (Å²) in [6, 6.07) is 11.5. The van der Waals surface area contributed by atoms with Crippen LogP contribution in [0.2, 0.25) is 0 Å². The first kappa shape index (κ1) is 14.9. The van der Waals surface area contributed by atoms with Crippen LogP contribution in [-0.2, 0) is 6.42 Å². The molecule has 0 bridgehead atoms. The monoisotopic (exact) mass is 332 g/mol. The Kier molecular flexibility index (Phi) is 5.44. The first-order chi connectivity index (χ1) is 9.65. The normalized spacial score (nSPS) is 10.8. The fourth-order valence-electron chi connectivity index (χ4n) is 1.95. The Labute approximate surface area is 127 Å². The lowest BCUT2D eigenvalue weighted by atomic mass is 10.1. The molecule has 3 nitrogen and oxygen atoms in total. The largest absolute Gasteiger partial charge is 0.299 e. The minimum atomic E-state index is 0.142. The molecular formula is C16H17BrN2O. The van der Waals surface area contributed by atoms with Gasteiger partial charge in [0.15, 0.2) is 5.78 Å². The molecule has 2 rings (SSSR count). The minimum Gasteiger partial charge on any atom is -0.299 e. The number of hydrogen-bond donors (Lipinski definition) is 0. The lowest BCUT2D eigenvalue weighted by Gasteiger charge is -2.15. The highest BCUT2D eigenvalue weighted by Gasteiger charge is 2.09. The van der Waals surface area contributed by atoms with Gasteiger partial charge in [0.2, 0.25) is 0 Å². The van der Waals surface area contributed by atoms with Gasteiger partial charge in [0.25, 0.3) is 0 Å². The zero-order valence-corrected chi connectivity index (χ0v) is 13.0. The third-order valence-electron chi connectivity index (χ3n) is 3.09. The fourth-order valence-corrected chi connectivity index (χ4v) is 2.35. The molecule has 1 heterocycles. The van der Waals surface area contributed by atoms with Gasteiger partial charge < -0.3 is 0 Å². The van der Waals surface area contributed by atoms with E-state index in [0.29, 0.717) is 6.54 Å². The van der Waals surface area contributed by atoms with Gasteiger partial charge in [0.1, 0.15) is 0 Å². The second kappa shape index (κ2) is 7.31. The van der Waals surface area contributed by atoms with Crippen molar-refractivity contribution in [2.75, 3.05) is 20.1 Å². The van der Waals surface area contributed by atoms with Crippen LogP contribution in [-0.4, -0.2) is 35.8 Å². The number of benzene rings is 1. The highest BCUT2D eigenvalue weighted by molar-refractivity contribution is 9.10. The Bertz CT molecular complexity index is 572. The van der Waals surface area contributed by atoms with Gasteiger partial charge in [-0.1, -0.05) is 28.1 Å². The number of Topliss-reactive ketones (excluding diaryl/α,β-unsaturated/α-hetero) is 1. The van der Waals surface area contributed by atoms with Gasteiger partial charge >= 0.3 is 0 Å². The molecule has 0 aliphatic heterocycles. The van der Waals surface area contributed by atoms with Crippen LogP contribution in [0.15, 0.2) is 53.3 Å². The molecule has 0 aliphatic carbocycles. The number of pyridine rings is 1. The van der Waals surface area contributed by atoms with Crippen LogP contribution in [0.5, 0.6) is 0 Å². The average molecular weight is 333 g/mol. The van der Waals surface area contributed by atoms with E-state index in [1.54, 1.807) is 12.4 Å². The van der Waals surface area contributed by atoms with Crippen LogP contribution in [0.4, 0.5) is 0 Å². The number of carbonyl (C=O) groups excluding carboxylic acids is 1. The predicted molar refractivity (Wildman–Crippen MR) is 83.9 cm³/mol. The average Bonchev–Trinajstić information content (AvgIpc) is 2.46. The molecule has 0 amide bonds. The van der Waals surface area contributed by atoms with E-state index in [0.717, 1.165) is 23.0 Å². The summed E-state index contributed by atoms with van der Waals surface area (Å²) in [7, 11) is 1.97. The summed E-state index contributed by atoms with van der Waals surface area (Å²) in [4.78, 5) is 18.2. The van der Waals surface area contributed by atoms with E-state index in [4.69, 9.17) is 0 Å². The van der Waals surface area contributed by atoms with Crippen molar-refractivity contribution in [3.05, 3.63) is 64.4 Å². The summed E-state index contributed by atoms with van der Waals surface area (Å²) in [6.07, 6.45) is 4.51. The second-order valence-corrected chi connectivity index (χ2v) is 5.69. The van der Waals surface area contributed by atoms with Gasteiger partial charge in [0.05, 0.1) is 6.54 Å². The van der Waals surface area contributed by atoms with Gasteiger partial charge in [-0.3, -0.25) is 14.7 Å². The van der Waals surface area contributed by atoms with Gasteiger partial charge in [-0.15, -0.1) is 0 Å². The van der Waals surface area contributed by atoms with E-state index < -0.39 is 0 Å². The highest BCUT2D eigenvalue weighted by atomic mass is 79.9. The SMILES string of the molecule is CN(CCc1ccncc1)CC(=O)c1cccc(Br)c1. The molecule has 0 N–H and O–H groups in total. The summed E-state index contributed by atoms with van der Waals surface area (Å²) < 4.78 is 0.933. The standard InChI is InChI=1S/C16H17BrN2O/c1-19(10-7-13-5-8-18-9-6-13)12-16(20)14-3-2-4-15(17)11-14/h2-6,8-9,11H,7,10,12H2,1H3. The van der Waals surface area contributed by atoms with Gasteiger partial charge in [-0.2, -0.15) is 0 Å². The third kappa shape index (κ3) is 4.54. The highest BCUT2D eigenvalue weighted by Crippen LogP contribution is 2.12. The number of halogens is 1. The van der Waals surface area contributed by atoms with Crippen LogP contribution in [0.25, 0.3) is 0 Å². The van der Waals surface area contributed by atoms with Crippen molar-refractivity contribution in [1.82, 2.24) is 9.88 Å². The minimum absolute atomic E-state index is 0.142. The van der Waals surface area contributed by atoms with Crippen molar-refractivity contribution in [2.24, 2.45) is 0 Å². The third-order valence-corrected chi connectivity index (χ3v) is 3.58. The molecule has 4 heteroatoms. The van der Waals surface area contributed by atoms with E-state index >= 15 is 0 Å². The molecule has 0 radical (unpaired) electrons. The first-order valence-electron chi connectivity index (χ1n) is 6.51. The van der Waals surface area contributed by atoms with Crippen molar-refractivity contribution >= 4 is 21.7 Å². The number of nitrogens with zero attached hydrogens (tertiary/aromatic N) is 2. The van der Waals surface area contributed by atoms with Gasteiger partial charge in [-0.05, 0) is 43.3 Å². The number of likely N-dealkylation sites (N-methyl/N-ethyl adjacent to an activating group) is 1. The molecule has 0 spiro atoms. The summed E-state index contributed by atoms with van der Waals surface area (Å²) in [5.74, 6) is 0.142. The second-order valence-electron chi connectivity index (χ2n) is 4.78. The Hall–Kier alpha value is -1.52. The Morgan fingerprint density at radius 2 is 2.00 bits per heavy atom. The quantitative estimate of drug-likeness (QED) is 0.761. The topological polar surface area (TPSA) is 33.2 Å². The Morgan fingerprint density at radius 1 is 1.25 bits per heavy atom. The maximum absolute atomic E-state index is 12.1. The maximum atomic E-state index is 12.1. The fraction of sp³-hybridized carbons (Fsp3) is 0.250. The van der Waals surface area contributed by atoms with E-state index in [1.807, 2.05) is 48.3 Å². The molecule has 1 aromatic carbocycles. The molecule has 20 heavy (non-hydrogen) atoms. The summed E-state index contributed by atoms with van der Waals surface area (Å²) in [5.41, 5.74) is 1.98. The molecule has 104 valence electrons. The summed E-state index contributed by atoms with van der Waals surface area (Å²) in [5, 5.41) is 0. The molecule has 0 fully saturated rings. The number of hydrogen-bond acceptors (Lipinski definition) is 3. The van der Waals surface area contributed by atoms with Crippen molar-refractivity contribution < 1.29 is 4.79 Å². The van der Waals surface area contributed by atoms with Crippen LogP contribution in [0, 0.1) is 0 Å². The zero-order chi connectivity index (χ0) is 14.4. The van der Waals surface area contributed by atoms with E-state index in [1.165, 1.54) is 5.56 Å². The van der Waals surface area contributed by atoms with E-state index in [-0.39, 0.29) is 5.78 Å². The lowest BCUT2D eigenvalue weighted by Crippen LogP contribution is -2.28. The molecular weight excluding hydrogens is 316 g/mol. The summed E-state index contributed by atoms with van der Waals surface area (Å²) in [6.45, 7) is 1.28. The number of aromatic nitrogens is 1. The maximum Gasteiger partial charge on any atom is 0.176 e. The van der Waals surface area contributed by atoms with Crippen molar-refractivity contribution in [1.29, 1.82) is 0 Å². The number of ketones is 1.